The molecule has 1 radical (unpaired) electrons. The van der Waals surface area contributed by atoms with Gasteiger partial charge in [-0.1, -0.05) is 84.4 Å². The van der Waals surface area contributed by atoms with E-state index in [1.165, 1.54) is 17.4 Å². The average molecular weight is 530 g/mol. The minimum Gasteiger partial charge on any atom is -0.166 e. The van der Waals surface area contributed by atoms with E-state index in [1.807, 2.05) is 73.2 Å². The van der Waals surface area contributed by atoms with Gasteiger partial charge < -0.3 is 0 Å². The highest BCUT2D eigenvalue weighted by Crippen LogP contribution is 2.40. The summed E-state index contributed by atoms with van der Waals surface area (Å²) in [5.74, 6) is 0. The van der Waals surface area contributed by atoms with Crippen LogP contribution in [0.5, 0.6) is 0 Å². The lowest BCUT2D eigenvalue weighted by Gasteiger charge is -2.13. The molecule has 37 heavy (non-hydrogen) atoms. The Hall–Kier alpha value is -3.74. The van der Waals surface area contributed by atoms with Crippen molar-refractivity contribution in [3.63, 3.8) is 0 Å². The quantitative estimate of drug-likeness (QED) is 0.227. The van der Waals surface area contributed by atoms with Gasteiger partial charge in [0.2, 0.25) is 0 Å². The van der Waals surface area contributed by atoms with Crippen molar-refractivity contribution in [2.45, 2.75) is 6.18 Å². The van der Waals surface area contributed by atoms with Crippen LogP contribution in [0.1, 0.15) is 16.0 Å². The molecule has 4 aromatic carbocycles. The van der Waals surface area contributed by atoms with Crippen LogP contribution >= 0.6 is 22.9 Å². The van der Waals surface area contributed by atoms with E-state index in [9.17, 15) is 13.2 Å². The van der Waals surface area contributed by atoms with E-state index in [0.717, 1.165) is 44.3 Å². The number of hydrogen-bond donors (Lipinski definition) is 0. The fraction of sp³-hybridized carbons (Fsp3) is 0.0333. The molecule has 0 saturated carbocycles. The summed E-state index contributed by atoms with van der Waals surface area (Å²) in [7, 11) is 0. The highest BCUT2D eigenvalue weighted by molar-refractivity contribution is 7.19. The number of thiophene rings is 1. The van der Waals surface area contributed by atoms with Crippen LogP contribution < -0.4 is 0 Å². The van der Waals surface area contributed by atoms with Gasteiger partial charge in [-0.2, -0.15) is 13.2 Å². The molecule has 0 amide bonds. The van der Waals surface area contributed by atoms with E-state index < -0.39 is 11.7 Å². The summed E-state index contributed by atoms with van der Waals surface area (Å²) >= 11 is 7.78. The number of alkyl halides is 3. The molecule has 0 atom stereocenters. The Kier molecular flexibility index (Phi) is 5.94. The molecule has 0 saturated heterocycles. The summed E-state index contributed by atoms with van der Waals surface area (Å²) in [5, 5.41) is 10.5. The maximum Gasteiger partial charge on any atom is 0.417 e. The zero-order valence-corrected chi connectivity index (χ0v) is 20.7. The van der Waals surface area contributed by atoms with Crippen LogP contribution in [0.4, 0.5) is 13.2 Å². The smallest absolute Gasteiger partial charge is 0.166 e. The number of rotatable bonds is 4. The monoisotopic (exact) mass is 529 g/mol. The predicted molar refractivity (Wildman–Crippen MR) is 145 cm³/mol. The molecule has 0 aliphatic rings. The minimum atomic E-state index is -4.40. The SMILES string of the molecule is FC(F)(F)c1cccc2sc([CH]c3cccc(-c4c(-c5ccccc5)nnc5c(Cl)cccc45)c3)cc12. The molecule has 181 valence electrons. The second-order valence-corrected chi connectivity index (χ2v) is 10.1. The first-order valence-electron chi connectivity index (χ1n) is 11.4. The molecule has 0 aliphatic carbocycles. The molecule has 2 nitrogen and oxygen atoms in total. The second-order valence-electron chi connectivity index (χ2n) is 8.56. The Balaban J connectivity index is 1.47. The maximum atomic E-state index is 13.5. The number of benzene rings is 4. The van der Waals surface area contributed by atoms with Gasteiger partial charge in [-0.3, -0.25) is 0 Å². The molecule has 0 fully saturated rings. The first kappa shape index (κ1) is 23.6. The Morgan fingerprint density at radius 1 is 0.730 bits per heavy atom. The molecule has 7 heteroatoms. The van der Waals surface area contributed by atoms with Crippen LogP contribution in [0, 0.1) is 6.42 Å². The van der Waals surface area contributed by atoms with Crippen molar-refractivity contribution in [1.82, 2.24) is 10.2 Å². The van der Waals surface area contributed by atoms with Crippen molar-refractivity contribution in [2.75, 3.05) is 0 Å². The lowest BCUT2D eigenvalue weighted by molar-refractivity contribution is -0.136. The van der Waals surface area contributed by atoms with Gasteiger partial charge in [-0.05, 0) is 35.4 Å². The molecule has 0 bridgehead atoms. The largest absolute Gasteiger partial charge is 0.417 e. The Morgan fingerprint density at radius 3 is 2.30 bits per heavy atom. The van der Waals surface area contributed by atoms with Crippen molar-refractivity contribution in [1.29, 1.82) is 0 Å². The van der Waals surface area contributed by atoms with Crippen molar-refractivity contribution in [2.24, 2.45) is 0 Å². The van der Waals surface area contributed by atoms with Gasteiger partial charge in [0, 0.05) is 37.9 Å². The number of halogens is 4. The summed E-state index contributed by atoms with van der Waals surface area (Å²) in [4.78, 5) is 0.743. The zero-order chi connectivity index (χ0) is 25.6. The van der Waals surface area contributed by atoms with Gasteiger partial charge in [-0.15, -0.1) is 21.5 Å². The van der Waals surface area contributed by atoms with Crippen molar-refractivity contribution >= 4 is 43.9 Å². The van der Waals surface area contributed by atoms with Crippen LogP contribution in [0.2, 0.25) is 5.02 Å². The minimum absolute atomic E-state index is 0.215. The van der Waals surface area contributed by atoms with E-state index >= 15 is 0 Å². The van der Waals surface area contributed by atoms with Crippen molar-refractivity contribution < 1.29 is 13.2 Å². The Morgan fingerprint density at radius 2 is 1.49 bits per heavy atom. The van der Waals surface area contributed by atoms with Gasteiger partial charge in [0.25, 0.3) is 0 Å². The van der Waals surface area contributed by atoms with Crippen LogP contribution in [-0.4, -0.2) is 10.2 Å². The predicted octanol–water partition coefficient (Wildman–Crippen LogP) is 9.45. The van der Waals surface area contributed by atoms with Gasteiger partial charge in [0.15, 0.2) is 0 Å². The molecule has 0 unspecified atom stereocenters. The van der Waals surface area contributed by atoms with Gasteiger partial charge in [0.05, 0.1) is 10.6 Å². The highest BCUT2D eigenvalue weighted by Gasteiger charge is 2.32. The standard InChI is InChI=1S/C30H17ClF3N2S/c31-25-13-5-11-22-27(28(35-36-29(22)25)19-8-2-1-3-9-19)20-10-4-7-18(15-20)16-21-17-23-24(30(32,33)34)12-6-14-26(23)37-21/h1-17H. The molecule has 0 aliphatic heterocycles. The number of fused-ring (bicyclic) bond motifs is 2. The first-order chi connectivity index (χ1) is 17.9. The van der Waals surface area contributed by atoms with Crippen molar-refractivity contribution in [3.05, 3.63) is 125 Å². The van der Waals surface area contributed by atoms with E-state index in [2.05, 4.69) is 10.2 Å². The fourth-order valence-electron chi connectivity index (χ4n) is 4.53. The molecule has 2 aromatic heterocycles. The number of hydrogen-bond acceptors (Lipinski definition) is 3. The van der Waals surface area contributed by atoms with Crippen LogP contribution in [0.3, 0.4) is 0 Å². The third kappa shape index (κ3) is 4.47. The second kappa shape index (κ2) is 9.29. The number of nitrogens with zero attached hydrogens (tertiary/aromatic N) is 2. The topological polar surface area (TPSA) is 25.8 Å². The van der Waals surface area contributed by atoms with E-state index in [-0.39, 0.29) is 5.39 Å². The summed E-state index contributed by atoms with van der Waals surface area (Å²) < 4.78 is 41.1. The third-order valence-corrected chi connectivity index (χ3v) is 7.51. The van der Waals surface area contributed by atoms with E-state index in [4.69, 9.17) is 11.6 Å². The summed E-state index contributed by atoms with van der Waals surface area (Å²) in [6.45, 7) is 0. The lowest BCUT2D eigenvalue weighted by Crippen LogP contribution is -2.04. The zero-order valence-electron chi connectivity index (χ0n) is 19.1. The Bertz CT molecular complexity index is 1760. The van der Waals surface area contributed by atoms with E-state index in [1.54, 1.807) is 18.2 Å². The van der Waals surface area contributed by atoms with Crippen LogP contribution in [0.15, 0.2) is 97.1 Å². The lowest BCUT2D eigenvalue weighted by atomic mass is 9.94. The normalized spacial score (nSPS) is 11.9. The van der Waals surface area contributed by atoms with Crippen molar-refractivity contribution in [3.8, 4) is 22.4 Å². The molecule has 6 aromatic rings. The average Bonchev–Trinajstić information content (AvgIpc) is 3.30. The van der Waals surface area contributed by atoms with Gasteiger partial charge >= 0.3 is 6.18 Å². The fourth-order valence-corrected chi connectivity index (χ4v) is 5.80. The molecule has 0 spiro atoms. The first-order valence-corrected chi connectivity index (χ1v) is 12.6. The molecule has 0 N–H and O–H groups in total. The molecular weight excluding hydrogens is 513 g/mol. The van der Waals surface area contributed by atoms with E-state index in [0.29, 0.717) is 15.2 Å². The van der Waals surface area contributed by atoms with Crippen LogP contribution in [-0.2, 0) is 6.18 Å². The highest BCUT2D eigenvalue weighted by atomic mass is 35.5. The number of aromatic nitrogens is 2. The van der Waals surface area contributed by atoms with Gasteiger partial charge in [0.1, 0.15) is 11.2 Å². The molecule has 6 rings (SSSR count). The molecular formula is C30H17ClF3N2S. The molecule has 2 heterocycles. The summed E-state index contributed by atoms with van der Waals surface area (Å²) in [6, 6.07) is 29.2. The maximum absolute atomic E-state index is 13.5. The van der Waals surface area contributed by atoms with Crippen LogP contribution in [0.25, 0.3) is 43.4 Å². The third-order valence-electron chi connectivity index (χ3n) is 6.16. The Labute approximate surface area is 220 Å². The summed E-state index contributed by atoms with van der Waals surface area (Å²) in [6.07, 6.45) is -2.50. The van der Waals surface area contributed by atoms with Gasteiger partial charge in [-0.25, -0.2) is 0 Å². The summed E-state index contributed by atoms with van der Waals surface area (Å²) in [5.41, 5.74) is 4.31.